The zero-order chi connectivity index (χ0) is 13.0. The molecule has 0 saturated heterocycles. The Hall–Kier alpha value is -1.68. The molecule has 2 heterocycles. The molecule has 0 aromatic carbocycles. The summed E-state index contributed by atoms with van der Waals surface area (Å²) in [6.07, 6.45) is 8.73. The van der Waals surface area contributed by atoms with Gasteiger partial charge < -0.3 is 5.32 Å². The monoisotopic (exact) mass is 244 g/mol. The zero-order valence-corrected chi connectivity index (χ0v) is 11.2. The summed E-state index contributed by atoms with van der Waals surface area (Å²) in [6.45, 7) is 5.19. The van der Waals surface area contributed by atoms with E-state index in [1.54, 1.807) is 0 Å². The first-order valence-electron chi connectivity index (χ1n) is 6.32. The number of rotatable bonds is 5. The van der Waals surface area contributed by atoms with E-state index >= 15 is 0 Å². The Labute approximate surface area is 108 Å². The number of nitrogens with zero attached hydrogens (tertiary/aromatic N) is 3. The van der Waals surface area contributed by atoms with Crippen LogP contribution < -0.4 is 5.32 Å². The van der Waals surface area contributed by atoms with Crippen LogP contribution in [0.1, 0.15) is 29.7 Å². The van der Waals surface area contributed by atoms with Crippen LogP contribution in [0.2, 0.25) is 0 Å². The summed E-state index contributed by atoms with van der Waals surface area (Å²) in [7, 11) is 1.95. The smallest absolute Gasteiger partial charge is 0.0522 e. The molecule has 2 rings (SSSR count). The highest BCUT2D eigenvalue weighted by molar-refractivity contribution is 5.27. The molecule has 2 aromatic rings. The Morgan fingerprint density at radius 1 is 1.39 bits per heavy atom. The van der Waals surface area contributed by atoms with E-state index in [4.69, 9.17) is 0 Å². The SMILES string of the molecule is CCNC(Cc1cnn(C)c1)c1ccncc1C. The summed E-state index contributed by atoms with van der Waals surface area (Å²) in [5.74, 6) is 0. The molecule has 0 spiro atoms. The number of nitrogens with one attached hydrogen (secondary N) is 1. The van der Waals surface area contributed by atoms with Crippen LogP contribution in [-0.4, -0.2) is 21.3 Å². The molecule has 0 aliphatic heterocycles. The second-order valence-corrected chi connectivity index (χ2v) is 4.57. The molecule has 0 fully saturated rings. The van der Waals surface area contributed by atoms with Crippen molar-refractivity contribution in [1.29, 1.82) is 0 Å². The molecule has 0 amide bonds. The highest BCUT2D eigenvalue weighted by atomic mass is 15.2. The molecule has 0 aliphatic rings. The molecule has 1 N–H and O–H groups in total. The Balaban J connectivity index is 2.20. The Bertz CT molecular complexity index is 504. The Morgan fingerprint density at radius 3 is 2.83 bits per heavy atom. The van der Waals surface area contributed by atoms with Crippen LogP contribution >= 0.6 is 0 Å². The van der Waals surface area contributed by atoms with E-state index in [2.05, 4.69) is 41.5 Å². The quantitative estimate of drug-likeness (QED) is 0.875. The topological polar surface area (TPSA) is 42.7 Å². The minimum absolute atomic E-state index is 0.321. The highest BCUT2D eigenvalue weighted by Crippen LogP contribution is 2.20. The average Bonchev–Trinajstić information content (AvgIpc) is 2.75. The van der Waals surface area contributed by atoms with Crippen molar-refractivity contribution in [3.63, 3.8) is 0 Å². The maximum Gasteiger partial charge on any atom is 0.0522 e. The fraction of sp³-hybridized carbons (Fsp3) is 0.429. The van der Waals surface area contributed by atoms with Crippen molar-refractivity contribution in [1.82, 2.24) is 20.1 Å². The van der Waals surface area contributed by atoms with Crippen molar-refractivity contribution in [3.8, 4) is 0 Å². The molecule has 0 radical (unpaired) electrons. The van der Waals surface area contributed by atoms with E-state index in [0.29, 0.717) is 6.04 Å². The summed E-state index contributed by atoms with van der Waals surface area (Å²) >= 11 is 0. The molecule has 0 saturated carbocycles. The lowest BCUT2D eigenvalue weighted by Crippen LogP contribution is -2.23. The molecule has 1 unspecified atom stereocenters. The number of hydrogen-bond donors (Lipinski definition) is 1. The number of aryl methyl sites for hydroxylation is 2. The van der Waals surface area contributed by atoms with Gasteiger partial charge in [0.2, 0.25) is 0 Å². The maximum absolute atomic E-state index is 4.22. The third-order valence-corrected chi connectivity index (χ3v) is 3.09. The van der Waals surface area contributed by atoms with Gasteiger partial charge in [-0.2, -0.15) is 5.10 Å². The maximum atomic E-state index is 4.22. The van der Waals surface area contributed by atoms with Crippen molar-refractivity contribution in [2.24, 2.45) is 7.05 Å². The molecular weight excluding hydrogens is 224 g/mol. The second kappa shape index (κ2) is 5.78. The van der Waals surface area contributed by atoms with Gasteiger partial charge in [0.05, 0.1) is 6.20 Å². The minimum atomic E-state index is 0.321. The average molecular weight is 244 g/mol. The fourth-order valence-electron chi connectivity index (χ4n) is 2.23. The lowest BCUT2D eigenvalue weighted by molar-refractivity contribution is 0.546. The summed E-state index contributed by atoms with van der Waals surface area (Å²) in [5.41, 5.74) is 3.79. The number of likely N-dealkylation sites (N-methyl/N-ethyl adjacent to an activating group) is 1. The molecule has 1 atom stereocenters. The van der Waals surface area contributed by atoms with Crippen LogP contribution in [0.25, 0.3) is 0 Å². The number of aromatic nitrogens is 3. The van der Waals surface area contributed by atoms with Crippen molar-refractivity contribution in [3.05, 3.63) is 47.5 Å². The van der Waals surface area contributed by atoms with Gasteiger partial charge in [0, 0.05) is 31.7 Å². The van der Waals surface area contributed by atoms with Gasteiger partial charge in [-0.15, -0.1) is 0 Å². The van der Waals surface area contributed by atoms with Gasteiger partial charge in [-0.25, -0.2) is 0 Å². The van der Waals surface area contributed by atoms with E-state index in [1.807, 2.05) is 30.3 Å². The fourth-order valence-corrected chi connectivity index (χ4v) is 2.23. The van der Waals surface area contributed by atoms with E-state index in [9.17, 15) is 0 Å². The lowest BCUT2D eigenvalue weighted by Gasteiger charge is -2.19. The predicted octanol–water partition coefficient (Wildman–Crippen LogP) is 2.02. The Morgan fingerprint density at radius 2 is 2.22 bits per heavy atom. The van der Waals surface area contributed by atoms with E-state index in [1.165, 1.54) is 16.7 Å². The van der Waals surface area contributed by atoms with Crippen LogP contribution in [0, 0.1) is 6.92 Å². The third-order valence-electron chi connectivity index (χ3n) is 3.09. The van der Waals surface area contributed by atoms with E-state index in [-0.39, 0.29) is 0 Å². The molecule has 4 heteroatoms. The molecule has 18 heavy (non-hydrogen) atoms. The van der Waals surface area contributed by atoms with Gasteiger partial charge in [0.1, 0.15) is 0 Å². The van der Waals surface area contributed by atoms with Gasteiger partial charge in [-0.3, -0.25) is 9.67 Å². The first-order chi connectivity index (χ1) is 8.70. The van der Waals surface area contributed by atoms with E-state index < -0.39 is 0 Å². The van der Waals surface area contributed by atoms with Crippen LogP contribution in [0.4, 0.5) is 0 Å². The van der Waals surface area contributed by atoms with Crippen molar-refractivity contribution in [2.45, 2.75) is 26.3 Å². The van der Waals surface area contributed by atoms with Gasteiger partial charge in [-0.05, 0) is 42.6 Å². The van der Waals surface area contributed by atoms with Crippen LogP contribution in [-0.2, 0) is 13.5 Å². The molecule has 0 aliphatic carbocycles. The highest BCUT2D eigenvalue weighted by Gasteiger charge is 2.14. The van der Waals surface area contributed by atoms with Crippen molar-refractivity contribution >= 4 is 0 Å². The Kier molecular flexibility index (Phi) is 4.10. The predicted molar refractivity (Wildman–Crippen MR) is 72.3 cm³/mol. The van der Waals surface area contributed by atoms with Crippen molar-refractivity contribution in [2.75, 3.05) is 6.54 Å². The van der Waals surface area contributed by atoms with Crippen LogP contribution in [0.15, 0.2) is 30.9 Å². The summed E-state index contributed by atoms with van der Waals surface area (Å²) in [5, 5.41) is 7.76. The first kappa shape index (κ1) is 12.8. The molecular formula is C14H20N4. The molecule has 2 aromatic heterocycles. The third kappa shape index (κ3) is 2.96. The molecule has 96 valence electrons. The van der Waals surface area contributed by atoms with E-state index in [0.717, 1.165) is 13.0 Å². The summed E-state index contributed by atoms with van der Waals surface area (Å²) in [6, 6.07) is 2.42. The van der Waals surface area contributed by atoms with Crippen molar-refractivity contribution < 1.29 is 0 Å². The van der Waals surface area contributed by atoms with Gasteiger partial charge >= 0.3 is 0 Å². The van der Waals surface area contributed by atoms with Crippen LogP contribution in [0.5, 0.6) is 0 Å². The number of hydrogen-bond acceptors (Lipinski definition) is 3. The van der Waals surface area contributed by atoms with Gasteiger partial charge in [0.25, 0.3) is 0 Å². The normalized spacial score (nSPS) is 12.6. The standard InChI is InChI=1S/C14H20N4/c1-4-16-14(7-12-9-17-18(3)10-12)13-5-6-15-8-11(13)2/h5-6,8-10,14,16H,4,7H2,1-3H3. The zero-order valence-electron chi connectivity index (χ0n) is 11.2. The first-order valence-corrected chi connectivity index (χ1v) is 6.32. The number of pyridine rings is 1. The van der Waals surface area contributed by atoms with Crippen LogP contribution in [0.3, 0.4) is 0 Å². The van der Waals surface area contributed by atoms with Gasteiger partial charge in [-0.1, -0.05) is 6.92 Å². The largest absolute Gasteiger partial charge is 0.310 e. The lowest BCUT2D eigenvalue weighted by atomic mass is 9.98. The molecule has 4 nitrogen and oxygen atoms in total. The van der Waals surface area contributed by atoms with Gasteiger partial charge in [0.15, 0.2) is 0 Å². The second-order valence-electron chi connectivity index (χ2n) is 4.57. The summed E-state index contributed by atoms with van der Waals surface area (Å²) in [4.78, 5) is 4.15. The molecule has 0 bridgehead atoms. The minimum Gasteiger partial charge on any atom is -0.310 e. The summed E-state index contributed by atoms with van der Waals surface area (Å²) < 4.78 is 1.84.